The van der Waals surface area contributed by atoms with Gasteiger partial charge in [-0.15, -0.1) is 11.3 Å². The maximum atomic E-state index is 12.9. The van der Waals surface area contributed by atoms with Gasteiger partial charge in [-0.05, 0) is 26.8 Å². The first kappa shape index (κ1) is 15.2. The predicted molar refractivity (Wildman–Crippen MR) is 90.3 cm³/mol. The van der Waals surface area contributed by atoms with Crippen molar-refractivity contribution in [2.24, 2.45) is 0 Å². The van der Waals surface area contributed by atoms with Crippen molar-refractivity contribution in [3.63, 3.8) is 0 Å². The predicted octanol–water partition coefficient (Wildman–Crippen LogP) is 2.94. The molecule has 0 saturated carbocycles. The first-order valence-electron chi connectivity index (χ1n) is 7.68. The fourth-order valence-corrected chi connectivity index (χ4v) is 3.81. The van der Waals surface area contributed by atoms with Gasteiger partial charge in [-0.2, -0.15) is 0 Å². The lowest BCUT2D eigenvalue weighted by Gasteiger charge is -2.32. The second-order valence-corrected chi connectivity index (χ2v) is 6.86. The van der Waals surface area contributed by atoms with E-state index in [1.165, 1.54) is 11.3 Å². The molecule has 3 rings (SSSR count). The van der Waals surface area contributed by atoms with Gasteiger partial charge in [0.25, 0.3) is 5.91 Å². The van der Waals surface area contributed by atoms with Crippen LogP contribution in [0.15, 0.2) is 30.3 Å². The van der Waals surface area contributed by atoms with Crippen molar-refractivity contribution >= 4 is 17.2 Å². The number of nitrogens with zero attached hydrogens (tertiary/aromatic N) is 2. The van der Waals surface area contributed by atoms with Crippen molar-refractivity contribution in [1.29, 1.82) is 0 Å². The summed E-state index contributed by atoms with van der Waals surface area (Å²) in [6, 6.07) is 10.4. The van der Waals surface area contributed by atoms with E-state index in [1.807, 2.05) is 49.2 Å². The second-order valence-electron chi connectivity index (χ2n) is 5.66. The maximum absolute atomic E-state index is 12.9. The number of hydrogen-bond donors (Lipinski definition) is 1. The molecule has 0 aliphatic carbocycles. The number of hydrogen-bond acceptors (Lipinski definition) is 4. The van der Waals surface area contributed by atoms with E-state index in [9.17, 15) is 4.79 Å². The molecule has 1 aliphatic rings. The minimum absolute atomic E-state index is 0.115. The zero-order chi connectivity index (χ0) is 15.5. The summed E-state index contributed by atoms with van der Waals surface area (Å²) < 4.78 is 0. The lowest BCUT2D eigenvalue weighted by atomic mass is 10.1. The van der Waals surface area contributed by atoms with Gasteiger partial charge in [0.2, 0.25) is 0 Å². The average molecular weight is 315 g/mol. The van der Waals surface area contributed by atoms with Gasteiger partial charge < -0.3 is 10.2 Å². The Bertz CT molecular complexity index is 653. The minimum Gasteiger partial charge on any atom is -0.336 e. The number of carbonyl (C=O) groups is 1. The summed E-state index contributed by atoms with van der Waals surface area (Å²) in [6.45, 7) is 3.57. The van der Waals surface area contributed by atoms with Crippen molar-refractivity contribution in [2.45, 2.75) is 25.8 Å². The number of carbonyl (C=O) groups excluding carboxylic acids is 1. The number of aryl methyl sites for hydroxylation is 1. The van der Waals surface area contributed by atoms with Gasteiger partial charge in [-0.3, -0.25) is 4.79 Å². The number of benzene rings is 1. The van der Waals surface area contributed by atoms with Gasteiger partial charge in [-0.25, -0.2) is 4.98 Å². The summed E-state index contributed by atoms with van der Waals surface area (Å²) in [5.74, 6) is 0.115. The zero-order valence-corrected chi connectivity index (χ0v) is 13.8. The number of rotatable bonds is 3. The summed E-state index contributed by atoms with van der Waals surface area (Å²) in [5.41, 5.74) is 1.83. The Kier molecular flexibility index (Phi) is 4.55. The van der Waals surface area contributed by atoms with Crippen LogP contribution in [0, 0.1) is 6.92 Å². The summed E-state index contributed by atoms with van der Waals surface area (Å²) in [5, 5.41) is 4.22. The van der Waals surface area contributed by atoms with Crippen LogP contribution in [0.2, 0.25) is 0 Å². The number of likely N-dealkylation sites (tertiary alicyclic amines) is 1. The summed E-state index contributed by atoms with van der Waals surface area (Å²) in [7, 11) is 1.96. The van der Waals surface area contributed by atoms with Gasteiger partial charge in [0.1, 0.15) is 4.88 Å². The van der Waals surface area contributed by atoms with E-state index in [1.54, 1.807) is 0 Å². The first-order chi connectivity index (χ1) is 10.7. The van der Waals surface area contributed by atoms with Crippen LogP contribution in [0.4, 0.5) is 0 Å². The van der Waals surface area contributed by atoms with Crippen LogP contribution < -0.4 is 5.32 Å². The van der Waals surface area contributed by atoms with Crippen molar-refractivity contribution in [2.75, 3.05) is 20.1 Å². The van der Waals surface area contributed by atoms with E-state index in [4.69, 9.17) is 0 Å². The summed E-state index contributed by atoms with van der Waals surface area (Å²) in [6.07, 6.45) is 2.18. The lowest BCUT2D eigenvalue weighted by Crippen LogP contribution is -2.46. The maximum Gasteiger partial charge on any atom is 0.266 e. The van der Waals surface area contributed by atoms with Crippen LogP contribution in [0.3, 0.4) is 0 Å². The van der Waals surface area contributed by atoms with Gasteiger partial charge in [0.15, 0.2) is 0 Å². The summed E-state index contributed by atoms with van der Waals surface area (Å²) >= 11 is 1.50. The minimum atomic E-state index is 0.115. The molecule has 1 atom stereocenters. The van der Waals surface area contributed by atoms with Crippen molar-refractivity contribution in [3.8, 4) is 11.3 Å². The molecule has 1 amide bonds. The van der Waals surface area contributed by atoms with E-state index < -0.39 is 0 Å². The molecule has 1 N–H and O–H groups in total. The van der Waals surface area contributed by atoms with Crippen LogP contribution in [-0.2, 0) is 0 Å². The quantitative estimate of drug-likeness (QED) is 0.947. The Balaban J connectivity index is 1.90. The van der Waals surface area contributed by atoms with Crippen LogP contribution in [0.25, 0.3) is 11.3 Å². The molecule has 2 aromatic rings. The molecule has 1 aromatic heterocycles. The van der Waals surface area contributed by atoms with E-state index in [0.29, 0.717) is 6.04 Å². The van der Waals surface area contributed by atoms with E-state index >= 15 is 0 Å². The number of thiazole rings is 1. The highest BCUT2D eigenvalue weighted by Gasteiger charge is 2.27. The van der Waals surface area contributed by atoms with Crippen LogP contribution in [0.5, 0.6) is 0 Å². The van der Waals surface area contributed by atoms with E-state index in [0.717, 1.165) is 47.1 Å². The van der Waals surface area contributed by atoms with Gasteiger partial charge >= 0.3 is 0 Å². The Morgan fingerprint density at radius 3 is 2.86 bits per heavy atom. The average Bonchev–Trinajstić information content (AvgIpc) is 2.97. The smallest absolute Gasteiger partial charge is 0.266 e. The highest BCUT2D eigenvalue weighted by atomic mass is 32.1. The normalized spacial score (nSPS) is 18.5. The molecule has 0 radical (unpaired) electrons. The molecule has 1 aliphatic heterocycles. The molecule has 22 heavy (non-hydrogen) atoms. The third kappa shape index (κ3) is 3.05. The molecule has 4 nitrogen and oxygen atoms in total. The molecule has 0 spiro atoms. The van der Waals surface area contributed by atoms with Crippen LogP contribution in [-0.4, -0.2) is 42.0 Å². The highest BCUT2D eigenvalue weighted by Crippen LogP contribution is 2.29. The van der Waals surface area contributed by atoms with Gasteiger partial charge in [0.05, 0.1) is 10.7 Å². The fourth-order valence-electron chi connectivity index (χ4n) is 2.90. The second kappa shape index (κ2) is 6.58. The Morgan fingerprint density at radius 2 is 2.14 bits per heavy atom. The first-order valence-corrected chi connectivity index (χ1v) is 8.50. The van der Waals surface area contributed by atoms with Crippen molar-refractivity contribution in [1.82, 2.24) is 15.2 Å². The molecule has 2 heterocycles. The van der Waals surface area contributed by atoms with E-state index in [2.05, 4.69) is 10.3 Å². The van der Waals surface area contributed by atoms with Gasteiger partial charge in [0, 0.05) is 24.7 Å². The molecule has 1 saturated heterocycles. The number of aromatic nitrogens is 1. The molecule has 1 fully saturated rings. The number of likely N-dealkylation sites (N-methyl/N-ethyl adjacent to an activating group) is 1. The number of piperidine rings is 1. The molecular weight excluding hydrogens is 294 g/mol. The van der Waals surface area contributed by atoms with Crippen LogP contribution >= 0.6 is 11.3 Å². The third-order valence-electron chi connectivity index (χ3n) is 4.09. The molecule has 1 unspecified atom stereocenters. The topological polar surface area (TPSA) is 45.2 Å². The molecular formula is C17H21N3OS. The van der Waals surface area contributed by atoms with Crippen LogP contribution in [0.1, 0.15) is 27.5 Å². The molecule has 1 aromatic carbocycles. The number of nitrogens with one attached hydrogen (secondary N) is 1. The van der Waals surface area contributed by atoms with Crippen molar-refractivity contribution in [3.05, 3.63) is 40.2 Å². The molecule has 5 heteroatoms. The third-order valence-corrected chi connectivity index (χ3v) is 5.05. The Labute approximate surface area is 135 Å². The number of amides is 1. The van der Waals surface area contributed by atoms with Gasteiger partial charge in [-0.1, -0.05) is 30.3 Å². The molecule has 116 valence electrons. The monoisotopic (exact) mass is 315 g/mol. The van der Waals surface area contributed by atoms with E-state index in [-0.39, 0.29) is 5.91 Å². The fraction of sp³-hybridized carbons (Fsp3) is 0.412. The Hall–Kier alpha value is -1.72. The molecule has 0 bridgehead atoms. The SMILES string of the molecule is CNC1CCCN(C(=O)c2sc(C)nc2-c2ccccc2)C1. The van der Waals surface area contributed by atoms with Crippen molar-refractivity contribution < 1.29 is 4.79 Å². The standard InChI is InChI=1S/C17H21N3OS/c1-12-19-15(13-7-4-3-5-8-13)16(22-12)17(21)20-10-6-9-14(11-20)18-2/h3-5,7-8,14,18H,6,9-11H2,1-2H3. The highest BCUT2D eigenvalue weighted by molar-refractivity contribution is 7.14. The Morgan fingerprint density at radius 1 is 1.36 bits per heavy atom. The zero-order valence-electron chi connectivity index (χ0n) is 13.0. The largest absolute Gasteiger partial charge is 0.336 e. The summed E-state index contributed by atoms with van der Waals surface area (Å²) in [4.78, 5) is 20.3. The lowest BCUT2D eigenvalue weighted by molar-refractivity contribution is 0.0703.